The molecule has 0 aromatic heterocycles. The van der Waals surface area contributed by atoms with E-state index in [1.165, 1.54) is 7.11 Å². The summed E-state index contributed by atoms with van der Waals surface area (Å²) in [6.07, 6.45) is 0. The SMILES string of the molecule is COC(=O)C(C)(C)[C@@H](N[S@](=O)c1ccc(C)cc1)c1ccc(Br)cc1. The summed E-state index contributed by atoms with van der Waals surface area (Å²) in [5.74, 6) is -0.367. The molecule has 2 aromatic rings. The van der Waals surface area contributed by atoms with Gasteiger partial charge in [-0.25, -0.2) is 8.93 Å². The number of benzene rings is 2. The maximum Gasteiger partial charge on any atom is 0.313 e. The van der Waals surface area contributed by atoms with Crippen molar-refractivity contribution in [3.05, 3.63) is 64.1 Å². The molecule has 0 saturated heterocycles. The molecule has 0 aliphatic rings. The molecule has 0 heterocycles. The first-order valence-corrected chi connectivity index (χ1v) is 9.78. The average molecular weight is 424 g/mol. The third-order valence-corrected chi connectivity index (χ3v) is 5.78. The third kappa shape index (κ3) is 4.77. The molecule has 0 spiro atoms. The fraction of sp³-hybridized carbons (Fsp3) is 0.316. The van der Waals surface area contributed by atoms with Crippen LogP contribution in [0.5, 0.6) is 0 Å². The first-order chi connectivity index (χ1) is 11.8. The molecule has 2 aromatic carbocycles. The van der Waals surface area contributed by atoms with E-state index >= 15 is 0 Å². The van der Waals surface area contributed by atoms with Crippen molar-refractivity contribution >= 4 is 32.9 Å². The standard InChI is InChI=1S/C19H22BrNO3S/c1-13-5-11-16(12-6-13)25(23)21-17(19(2,3)18(22)24-4)14-7-9-15(20)10-8-14/h5-12,17,21H,1-4H3/t17-,25+/m0/s1. The van der Waals surface area contributed by atoms with Crippen LogP contribution in [0.25, 0.3) is 0 Å². The summed E-state index contributed by atoms with van der Waals surface area (Å²) >= 11 is 3.41. The Hall–Kier alpha value is -1.50. The molecule has 0 bridgehead atoms. The summed E-state index contributed by atoms with van der Waals surface area (Å²) in [4.78, 5) is 13.0. The minimum Gasteiger partial charge on any atom is -0.469 e. The molecule has 2 rings (SSSR count). The second-order valence-electron chi connectivity index (χ2n) is 6.40. The van der Waals surface area contributed by atoms with E-state index in [0.29, 0.717) is 4.90 Å². The van der Waals surface area contributed by atoms with Crippen molar-refractivity contribution in [3.63, 3.8) is 0 Å². The van der Waals surface area contributed by atoms with E-state index in [2.05, 4.69) is 20.7 Å². The van der Waals surface area contributed by atoms with E-state index in [4.69, 9.17) is 4.74 Å². The van der Waals surface area contributed by atoms with Gasteiger partial charge in [-0.3, -0.25) is 4.79 Å². The summed E-state index contributed by atoms with van der Waals surface area (Å²) in [5, 5.41) is 0. The highest BCUT2D eigenvalue weighted by Gasteiger charge is 2.40. The smallest absolute Gasteiger partial charge is 0.313 e. The Labute approximate surface area is 159 Å². The van der Waals surface area contributed by atoms with Gasteiger partial charge in [0.05, 0.1) is 23.5 Å². The molecule has 0 fully saturated rings. The van der Waals surface area contributed by atoms with Crippen LogP contribution < -0.4 is 4.72 Å². The number of rotatable bonds is 6. The molecule has 0 aliphatic heterocycles. The zero-order valence-corrected chi connectivity index (χ0v) is 17.1. The van der Waals surface area contributed by atoms with Gasteiger partial charge in [0, 0.05) is 4.47 Å². The van der Waals surface area contributed by atoms with Gasteiger partial charge >= 0.3 is 5.97 Å². The molecule has 0 unspecified atom stereocenters. The topological polar surface area (TPSA) is 55.4 Å². The molecule has 0 aliphatic carbocycles. The lowest BCUT2D eigenvalue weighted by molar-refractivity contribution is -0.152. The van der Waals surface area contributed by atoms with Crippen LogP contribution in [0.1, 0.15) is 31.0 Å². The van der Waals surface area contributed by atoms with Crippen LogP contribution in [0, 0.1) is 12.3 Å². The van der Waals surface area contributed by atoms with E-state index in [1.807, 2.05) is 55.5 Å². The van der Waals surface area contributed by atoms with Crippen molar-refractivity contribution in [2.45, 2.75) is 31.7 Å². The second-order valence-corrected chi connectivity index (χ2v) is 8.56. The van der Waals surface area contributed by atoms with Crippen LogP contribution in [0.3, 0.4) is 0 Å². The lowest BCUT2D eigenvalue weighted by Gasteiger charge is -2.32. The van der Waals surface area contributed by atoms with Crippen molar-refractivity contribution in [3.8, 4) is 0 Å². The number of hydrogen-bond acceptors (Lipinski definition) is 3. The van der Waals surface area contributed by atoms with Gasteiger partial charge in [-0.15, -0.1) is 0 Å². The van der Waals surface area contributed by atoms with Crippen LogP contribution in [-0.4, -0.2) is 17.3 Å². The highest BCUT2D eigenvalue weighted by Crippen LogP contribution is 2.36. The largest absolute Gasteiger partial charge is 0.469 e. The van der Waals surface area contributed by atoms with Crippen molar-refractivity contribution < 1.29 is 13.7 Å². The minimum atomic E-state index is -1.46. The van der Waals surface area contributed by atoms with Gasteiger partial charge in [-0.1, -0.05) is 45.8 Å². The molecule has 0 amide bonds. The number of carbonyl (C=O) groups is 1. The highest BCUT2D eigenvalue weighted by molar-refractivity contribution is 9.10. The highest BCUT2D eigenvalue weighted by atomic mass is 79.9. The zero-order valence-electron chi connectivity index (χ0n) is 14.7. The number of halogens is 1. The molecule has 25 heavy (non-hydrogen) atoms. The Morgan fingerprint density at radius 2 is 1.68 bits per heavy atom. The van der Waals surface area contributed by atoms with Crippen LogP contribution in [0.2, 0.25) is 0 Å². The fourth-order valence-corrected chi connectivity index (χ4v) is 3.93. The third-order valence-electron chi connectivity index (χ3n) is 4.10. The summed E-state index contributed by atoms with van der Waals surface area (Å²) in [6.45, 7) is 5.54. The monoisotopic (exact) mass is 423 g/mol. The van der Waals surface area contributed by atoms with Crippen molar-refractivity contribution in [2.24, 2.45) is 5.41 Å². The number of aryl methyl sites for hydroxylation is 1. The van der Waals surface area contributed by atoms with Gasteiger partial charge < -0.3 is 4.74 Å². The van der Waals surface area contributed by atoms with Gasteiger partial charge in [0.2, 0.25) is 0 Å². The van der Waals surface area contributed by atoms with Gasteiger partial charge in [0.15, 0.2) is 0 Å². The molecule has 6 heteroatoms. The van der Waals surface area contributed by atoms with E-state index in [-0.39, 0.29) is 5.97 Å². The number of carbonyl (C=O) groups excluding carboxylic acids is 1. The van der Waals surface area contributed by atoms with E-state index < -0.39 is 22.4 Å². The Bertz CT molecular complexity index is 757. The second kappa shape index (κ2) is 8.25. The molecule has 0 radical (unpaired) electrons. The fourth-order valence-electron chi connectivity index (χ4n) is 2.51. The number of esters is 1. The van der Waals surface area contributed by atoms with Crippen LogP contribution >= 0.6 is 15.9 Å². The lowest BCUT2D eigenvalue weighted by atomic mass is 9.81. The maximum absolute atomic E-state index is 12.8. The predicted molar refractivity (Wildman–Crippen MR) is 103 cm³/mol. The van der Waals surface area contributed by atoms with Crippen molar-refractivity contribution in [2.75, 3.05) is 7.11 Å². The lowest BCUT2D eigenvalue weighted by Crippen LogP contribution is -2.41. The first-order valence-electron chi connectivity index (χ1n) is 7.84. The number of nitrogens with one attached hydrogen (secondary N) is 1. The molecule has 134 valence electrons. The Kier molecular flexibility index (Phi) is 6.54. The summed E-state index contributed by atoms with van der Waals surface area (Å²) in [6, 6.07) is 14.6. The van der Waals surface area contributed by atoms with Crippen LogP contribution in [0.4, 0.5) is 0 Å². The number of hydrogen-bond donors (Lipinski definition) is 1. The van der Waals surface area contributed by atoms with Gasteiger partial charge in [-0.05, 0) is 50.6 Å². The molecule has 0 saturated carbocycles. The average Bonchev–Trinajstić information content (AvgIpc) is 2.60. The van der Waals surface area contributed by atoms with Crippen molar-refractivity contribution in [1.82, 2.24) is 4.72 Å². The number of methoxy groups -OCH3 is 1. The Morgan fingerprint density at radius 3 is 2.20 bits per heavy atom. The first kappa shape index (κ1) is 19.8. The predicted octanol–water partition coefficient (Wildman–Crippen LogP) is 4.31. The van der Waals surface area contributed by atoms with E-state index in [0.717, 1.165) is 15.6 Å². The quantitative estimate of drug-likeness (QED) is 0.704. The zero-order chi connectivity index (χ0) is 18.6. The normalized spacial score (nSPS) is 14.0. The van der Waals surface area contributed by atoms with Crippen LogP contribution in [-0.2, 0) is 20.5 Å². The minimum absolute atomic E-state index is 0.367. The molecule has 1 N–H and O–H groups in total. The summed E-state index contributed by atoms with van der Waals surface area (Å²) in [5.41, 5.74) is 1.06. The van der Waals surface area contributed by atoms with Gasteiger partial charge in [-0.2, -0.15) is 0 Å². The molecule has 4 nitrogen and oxygen atoms in total. The van der Waals surface area contributed by atoms with E-state index in [1.54, 1.807) is 13.8 Å². The molecule has 2 atom stereocenters. The van der Waals surface area contributed by atoms with Gasteiger partial charge in [0.25, 0.3) is 0 Å². The Morgan fingerprint density at radius 1 is 1.12 bits per heavy atom. The Balaban J connectivity index is 2.37. The van der Waals surface area contributed by atoms with E-state index in [9.17, 15) is 9.00 Å². The summed E-state index contributed by atoms with van der Waals surface area (Å²) < 4.78 is 21.8. The summed E-state index contributed by atoms with van der Waals surface area (Å²) in [7, 11) is -0.101. The van der Waals surface area contributed by atoms with Crippen molar-refractivity contribution in [1.29, 1.82) is 0 Å². The van der Waals surface area contributed by atoms with Crippen LogP contribution in [0.15, 0.2) is 57.9 Å². The van der Waals surface area contributed by atoms with Gasteiger partial charge in [0.1, 0.15) is 11.0 Å². The number of ether oxygens (including phenoxy) is 1. The molecular formula is C19H22BrNO3S. The maximum atomic E-state index is 12.8. The molecular weight excluding hydrogens is 402 g/mol.